The summed E-state index contributed by atoms with van der Waals surface area (Å²) in [6.07, 6.45) is 0. The third-order valence-corrected chi connectivity index (χ3v) is 9.48. The first-order valence-electron chi connectivity index (χ1n) is 14.3. The summed E-state index contributed by atoms with van der Waals surface area (Å²) < 4.78 is 7.74. The normalized spacial score (nSPS) is 11.8. The zero-order valence-corrected chi connectivity index (χ0v) is 23.5. The van der Waals surface area contributed by atoms with E-state index in [9.17, 15) is 0 Å². The molecule has 0 fully saturated rings. The van der Waals surface area contributed by atoms with Gasteiger partial charge in [0, 0.05) is 26.4 Å². The molecule has 196 valence electrons. The maximum absolute atomic E-state index is 6.47. The Labute approximate surface area is 246 Å². The Balaban J connectivity index is 1.31. The molecule has 42 heavy (non-hydrogen) atoms. The van der Waals surface area contributed by atoms with Crippen molar-refractivity contribution in [3.8, 4) is 33.4 Å². The van der Waals surface area contributed by atoms with Gasteiger partial charge in [-0.3, -0.25) is 0 Å². The minimum absolute atomic E-state index is 0.919. The summed E-state index contributed by atoms with van der Waals surface area (Å²) in [5.74, 6) is 0. The van der Waals surface area contributed by atoms with Crippen LogP contribution >= 0.6 is 11.3 Å². The third kappa shape index (κ3) is 3.49. The molecule has 0 N–H and O–H groups in total. The smallest absolute Gasteiger partial charge is 0.136 e. The topological polar surface area (TPSA) is 13.1 Å². The van der Waals surface area contributed by atoms with Crippen LogP contribution in [0.25, 0.3) is 87.0 Å². The quantitative estimate of drug-likeness (QED) is 0.199. The molecule has 9 rings (SSSR count). The minimum Gasteiger partial charge on any atom is -0.456 e. The van der Waals surface area contributed by atoms with E-state index in [-0.39, 0.29) is 0 Å². The second kappa shape index (κ2) is 9.17. The molecule has 0 atom stereocenters. The average molecular weight is 553 g/mol. The molecule has 0 bridgehead atoms. The Morgan fingerprint density at radius 3 is 1.57 bits per heavy atom. The first-order chi connectivity index (χ1) is 20.8. The van der Waals surface area contributed by atoms with Crippen LogP contribution in [-0.4, -0.2) is 0 Å². The zero-order chi connectivity index (χ0) is 27.6. The van der Waals surface area contributed by atoms with Crippen molar-refractivity contribution in [1.82, 2.24) is 0 Å². The van der Waals surface area contributed by atoms with Gasteiger partial charge in [0.2, 0.25) is 0 Å². The van der Waals surface area contributed by atoms with Gasteiger partial charge in [-0.2, -0.15) is 0 Å². The Morgan fingerprint density at radius 1 is 0.381 bits per heavy atom. The van der Waals surface area contributed by atoms with Gasteiger partial charge in [0.25, 0.3) is 0 Å². The van der Waals surface area contributed by atoms with Gasteiger partial charge >= 0.3 is 0 Å². The van der Waals surface area contributed by atoms with Crippen LogP contribution < -0.4 is 0 Å². The van der Waals surface area contributed by atoms with Gasteiger partial charge < -0.3 is 4.42 Å². The SMILES string of the molecule is c1ccc(-c2csc3cc4c(cc23)oc2ccc(-c3c5ccccc5c(-c5ccccc5)c5ccccc35)cc24)cc1. The van der Waals surface area contributed by atoms with Crippen molar-refractivity contribution in [3.05, 3.63) is 145 Å². The second-order valence-electron chi connectivity index (χ2n) is 10.9. The van der Waals surface area contributed by atoms with E-state index in [0.29, 0.717) is 0 Å². The van der Waals surface area contributed by atoms with Gasteiger partial charge in [-0.1, -0.05) is 115 Å². The number of thiophene rings is 1. The van der Waals surface area contributed by atoms with Crippen LogP contribution in [0.2, 0.25) is 0 Å². The first kappa shape index (κ1) is 23.5. The maximum Gasteiger partial charge on any atom is 0.136 e. The third-order valence-electron chi connectivity index (χ3n) is 8.53. The lowest BCUT2D eigenvalue weighted by Crippen LogP contribution is -1.90. The summed E-state index contributed by atoms with van der Waals surface area (Å²) in [5.41, 5.74) is 9.34. The van der Waals surface area contributed by atoms with Crippen LogP contribution in [0.1, 0.15) is 0 Å². The van der Waals surface area contributed by atoms with Crippen LogP contribution in [0.3, 0.4) is 0 Å². The van der Waals surface area contributed by atoms with Gasteiger partial charge in [-0.15, -0.1) is 11.3 Å². The molecule has 0 saturated carbocycles. The van der Waals surface area contributed by atoms with Gasteiger partial charge in [-0.25, -0.2) is 0 Å². The summed E-state index contributed by atoms with van der Waals surface area (Å²) in [7, 11) is 0. The standard InChI is InChI=1S/C40H24OS/c1-3-11-25(12-4-1)35-24-42-38-23-33-32-21-27(19-20-36(32)41-37(33)22-34(35)38)40-30-17-9-7-15-28(30)39(26-13-5-2-6-14-26)29-16-8-10-18-31(29)40/h1-24H. The molecule has 0 radical (unpaired) electrons. The summed E-state index contributed by atoms with van der Waals surface area (Å²) in [6.45, 7) is 0. The number of rotatable bonds is 3. The fraction of sp³-hybridized carbons (Fsp3) is 0. The van der Waals surface area contributed by atoms with Gasteiger partial charge in [0.05, 0.1) is 0 Å². The summed E-state index contributed by atoms with van der Waals surface area (Å²) >= 11 is 1.80. The van der Waals surface area contributed by atoms with Crippen molar-refractivity contribution in [1.29, 1.82) is 0 Å². The lowest BCUT2D eigenvalue weighted by molar-refractivity contribution is 0.669. The predicted octanol–water partition coefficient (Wildman–Crippen LogP) is 12.1. The molecule has 9 aromatic rings. The highest BCUT2D eigenvalue weighted by atomic mass is 32.1. The first-order valence-corrected chi connectivity index (χ1v) is 15.1. The van der Waals surface area contributed by atoms with E-state index in [1.165, 1.54) is 65.0 Å². The van der Waals surface area contributed by atoms with Crippen LogP contribution in [0.5, 0.6) is 0 Å². The van der Waals surface area contributed by atoms with E-state index in [0.717, 1.165) is 21.9 Å². The molecule has 0 aliphatic carbocycles. The summed E-state index contributed by atoms with van der Waals surface area (Å²) in [6, 6.07) is 50.3. The molecule has 7 aromatic carbocycles. The number of hydrogen-bond acceptors (Lipinski definition) is 2. The molecule has 0 aliphatic rings. The molecule has 0 aliphatic heterocycles. The Kier molecular flexibility index (Phi) is 5.13. The van der Waals surface area contributed by atoms with Crippen molar-refractivity contribution < 1.29 is 4.42 Å². The van der Waals surface area contributed by atoms with E-state index in [1.54, 1.807) is 11.3 Å². The van der Waals surface area contributed by atoms with Crippen LogP contribution in [-0.2, 0) is 0 Å². The highest BCUT2D eigenvalue weighted by molar-refractivity contribution is 7.17. The van der Waals surface area contributed by atoms with E-state index in [1.807, 2.05) is 0 Å². The fourth-order valence-corrected chi connectivity index (χ4v) is 7.64. The van der Waals surface area contributed by atoms with Crippen molar-refractivity contribution in [3.63, 3.8) is 0 Å². The number of fused-ring (bicyclic) bond motifs is 6. The maximum atomic E-state index is 6.47. The Morgan fingerprint density at radius 2 is 0.929 bits per heavy atom. The van der Waals surface area contributed by atoms with Crippen LogP contribution in [0, 0.1) is 0 Å². The largest absolute Gasteiger partial charge is 0.456 e. The monoisotopic (exact) mass is 552 g/mol. The second-order valence-corrected chi connectivity index (χ2v) is 11.8. The molecule has 0 amide bonds. The van der Waals surface area contributed by atoms with Gasteiger partial charge in [0.15, 0.2) is 0 Å². The predicted molar refractivity (Wildman–Crippen MR) is 180 cm³/mol. The molecular weight excluding hydrogens is 529 g/mol. The summed E-state index contributed by atoms with van der Waals surface area (Å²) in [4.78, 5) is 0. The van der Waals surface area contributed by atoms with E-state index < -0.39 is 0 Å². The lowest BCUT2D eigenvalue weighted by Gasteiger charge is -2.17. The van der Waals surface area contributed by atoms with Crippen LogP contribution in [0.15, 0.2) is 149 Å². The molecule has 2 heterocycles. The molecule has 0 saturated heterocycles. The van der Waals surface area contributed by atoms with E-state index in [2.05, 4.69) is 145 Å². The average Bonchev–Trinajstić information content (AvgIpc) is 3.63. The van der Waals surface area contributed by atoms with Crippen molar-refractivity contribution in [2.45, 2.75) is 0 Å². The van der Waals surface area contributed by atoms with E-state index in [4.69, 9.17) is 4.42 Å². The number of benzene rings is 7. The van der Waals surface area contributed by atoms with Crippen molar-refractivity contribution in [2.24, 2.45) is 0 Å². The summed E-state index contributed by atoms with van der Waals surface area (Å²) in [5, 5.41) is 10.9. The number of furan rings is 1. The van der Waals surface area contributed by atoms with Gasteiger partial charge in [-0.05, 0) is 79.0 Å². The van der Waals surface area contributed by atoms with Gasteiger partial charge in [0.1, 0.15) is 11.2 Å². The lowest BCUT2D eigenvalue weighted by atomic mass is 9.86. The highest BCUT2D eigenvalue weighted by Gasteiger charge is 2.18. The molecule has 2 aromatic heterocycles. The van der Waals surface area contributed by atoms with Crippen molar-refractivity contribution >= 4 is 64.9 Å². The fourth-order valence-electron chi connectivity index (χ4n) is 6.65. The zero-order valence-electron chi connectivity index (χ0n) is 22.7. The molecule has 0 spiro atoms. The minimum atomic E-state index is 0.919. The van der Waals surface area contributed by atoms with Crippen molar-refractivity contribution in [2.75, 3.05) is 0 Å². The van der Waals surface area contributed by atoms with E-state index >= 15 is 0 Å². The number of hydrogen-bond donors (Lipinski definition) is 0. The Hall–Kier alpha value is -5.18. The molecule has 2 heteroatoms. The molecule has 0 unspecified atom stereocenters. The highest BCUT2D eigenvalue weighted by Crippen LogP contribution is 2.45. The van der Waals surface area contributed by atoms with Crippen LogP contribution in [0.4, 0.5) is 0 Å². The molecular formula is C40H24OS. The Bertz CT molecular complexity index is 2390. The molecule has 1 nitrogen and oxygen atoms in total.